The van der Waals surface area contributed by atoms with Crippen LogP contribution in [0.15, 0.2) is 0 Å². The van der Waals surface area contributed by atoms with Crippen molar-refractivity contribution >= 4 is 14.3 Å². The lowest BCUT2D eigenvalue weighted by Gasteiger charge is -2.36. The average Bonchev–Trinajstić information content (AvgIpc) is 2.39. The molecule has 0 aliphatic carbocycles. The van der Waals surface area contributed by atoms with Crippen molar-refractivity contribution in [3.05, 3.63) is 0 Å². The first-order valence-electron chi connectivity index (χ1n) is 8.41. The number of esters is 1. The van der Waals surface area contributed by atoms with Crippen molar-refractivity contribution in [2.75, 3.05) is 13.7 Å². The van der Waals surface area contributed by atoms with Gasteiger partial charge < -0.3 is 9.16 Å². The van der Waals surface area contributed by atoms with E-state index in [-0.39, 0.29) is 5.97 Å². The van der Waals surface area contributed by atoms with Crippen molar-refractivity contribution in [2.24, 2.45) is 0 Å². The summed E-state index contributed by atoms with van der Waals surface area (Å²) in [6, 6.07) is 0. The second-order valence-electron chi connectivity index (χ2n) is 7.41. The normalized spacial score (nSPS) is 12.5. The predicted octanol–water partition coefficient (Wildman–Crippen LogP) is 5.30. The summed E-state index contributed by atoms with van der Waals surface area (Å²) < 4.78 is 10.8. The first-order chi connectivity index (χ1) is 9.70. The molecule has 0 saturated carbocycles. The summed E-state index contributed by atoms with van der Waals surface area (Å²) in [5, 5.41) is 0.312. The van der Waals surface area contributed by atoms with Gasteiger partial charge in [0.15, 0.2) is 8.32 Å². The Bertz CT molecular complexity index is 282. The molecule has 0 unspecified atom stereocenters. The molecule has 0 saturated heterocycles. The van der Waals surface area contributed by atoms with Gasteiger partial charge in [-0.25, -0.2) is 0 Å². The number of unbranched alkanes of at least 4 members (excludes halogenated alkanes) is 6. The SMILES string of the molecule is COC(=O)CCCCCCCCCO[Si](C)(C)C(C)(C)C. The van der Waals surface area contributed by atoms with E-state index < -0.39 is 8.32 Å². The fourth-order valence-electron chi connectivity index (χ4n) is 1.90. The lowest BCUT2D eigenvalue weighted by molar-refractivity contribution is -0.140. The third kappa shape index (κ3) is 10.1. The quantitative estimate of drug-likeness (QED) is 0.295. The Labute approximate surface area is 132 Å². The van der Waals surface area contributed by atoms with E-state index in [4.69, 9.17) is 4.43 Å². The molecule has 0 spiro atoms. The molecule has 0 aromatic heterocycles. The van der Waals surface area contributed by atoms with Gasteiger partial charge >= 0.3 is 5.97 Å². The Kier molecular flexibility index (Phi) is 10.2. The molecule has 0 heterocycles. The fraction of sp³-hybridized carbons (Fsp3) is 0.941. The monoisotopic (exact) mass is 316 g/mol. The van der Waals surface area contributed by atoms with Crippen LogP contribution in [0.2, 0.25) is 18.1 Å². The Morgan fingerprint density at radius 2 is 1.38 bits per heavy atom. The van der Waals surface area contributed by atoms with Gasteiger partial charge in [0.1, 0.15) is 0 Å². The summed E-state index contributed by atoms with van der Waals surface area (Å²) in [5.74, 6) is -0.0854. The number of hydrogen-bond acceptors (Lipinski definition) is 3. The number of methoxy groups -OCH3 is 1. The van der Waals surface area contributed by atoms with E-state index in [2.05, 4.69) is 38.6 Å². The van der Waals surface area contributed by atoms with Crippen LogP contribution in [-0.2, 0) is 14.0 Å². The highest BCUT2D eigenvalue weighted by Gasteiger charge is 2.36. The summed E-state index contributed by atoms with van der Waals surface area (Å²) >= 11 is 0. The molecule has 0 aliphatic rings. The molecule has 0 amide bonds. The molecule has 3 nitrogen and oxygen atoms in total. The van der Waals surface area contributed by atoms with E-state index in [0.717, 1.165) is 19.4 Å². The third-order valence-electron chi connectivity index (χ3n) is 4.52. The molecule has 4 heteroatoms. The number of carbonyl (C=O) groups excluding carboxylic acids is 1. The molecule has 0 aromatic carbocycles. The summed E-state index contributed by atoms with van der Waals surface area (Å²) in [6.07, 6.45) is 8.86. The van der Waals surface area contributed by atoms with Gasteiger partial charge in [-0.15, -0.1) is 0 Å². The second kappa shape index (κ2) is 10.4. The van der Waals surface area contributed by atoms with E-state index in [0.29, 0.717) is 11.5 Å². The topological polar surface area (TPSA) is 35.5 Å². The Hall–Kier alpha value is -0.353. The zero-order valence-electron chi connectivity index (χ0n) is 15.1. The van der Waals surface area contributed by atoms with Gasteiger partial charge in [-0.3, -0.25) is 4.79 Å². The van der Waals surface area contributed by atoms with Crippen LogP contribution in [0.3, 0.4) is 0 Å². The zero-order valence-corrected chi connectivity index (χ0v) is 16.1. The molecule has 0 atom stereocenters. The lowest BCUT2D eigenvalue weighted by Crippen LogP contribution is -2.40. The molecular formula is C17H36O3Si. The average molecular weight is 317 g/mol. The molecule has 0 N–H and O–H groups in total. The van der Waals surface area contributed by atoms with E-state index in [1.807, 2.05) is 0 Å². The molecule has 0 radical (unpaired) electrons. The van der Waals surface area contributed by atoms with Crippen LogP contribution in [0.5, 0.6) is 0 Å². The highest BCUT2D eigenvalue weighted by Crippen LogP contribution is 2.36. The minimum absolute atomic E-state index is 0.0854. The van der Waals surface area contributed by atoms with Gasteiger partial charge in [-0.1, -0.05) is 52.9 Å². The highest BCUT2D eigenvalue weighted by molar-refractivity contribution is 6.74. The maximum absolute atomic E-state index is 10.9. The van der Waals surface area contributed by atoms with Gasteiger partial charge in [0.2, 0.25) is 0 Å². The molecule has 0 bridgehead atoms. The van der Waals surface area contributed by atoms with Crippen LogP contribution < -0.4 is 0 Å². The first kappa shape index (κ1) is 20.6. The number of ether oxygens (including phenoxy) is 1. The molecule has 0 rings (SSSR count). The van der Waals surface area contributed by atoms with E-state index in [1.54, 1.807) is 0 Å². The summed E-state index contributed by atoms with van der Waals surface area (Å²) in [7, 11) is -0.0967. The lowest BCUT2D eigenvalue weighted by atomic mass is 10.1. The van der Waals surface area contributed by atoms with Crippen molar-refractivity contribution < 1.29 is 14.0 Å². The third-order valence-corrected chi connectivity index (χ3v) is 9.06. The van der Waals surface area contributed by atoms with Crippen LogP contribution in [0, 0.1) is 0 Å². The maximum Gasteiger partial charge on any atom is 0.305 e. The molecule has 0 fully saturated rings. The summed E-state index contributed by atoms with van der Waals surface area (Å²) in [6.45, 7) is 12.4. The van der Waals surface area contributed by atoms with Gasteiger partial charge in [-0.05, 0) is 31.0 Å². The van der Waals surface area contributed by atoms with E-state index >= 15 is 0 Å². The van der Waals surface area contributed by atoms with Crippen molar-refractivity contribution in [3.63, 3.8) is 0 Å². The summed E-state index contributed by atoms with van der Waals surface area (Å²) in [5.41, 5.74) is 0. The predicted molar refractivity (Wildman–Crippen MR) is 92.1 cm³/mol. The smallest absolute Gasteiger partial charge is 0.305 e. The minimum atomic E-state index is -1.55. The van der Waals surface area contributed by atoms with Crippen molar-refractivity contribution in [2.45, 2.75) is 90.3 Å². The Morgan fingerprint density at radius 3 is 1.86 bits per heavy atom. The second-order valence-corrected chi connectivity index (χ2v) is 12.2. The molecular weight excluding hydrogens is 280 g/mol. The molecule has 21 heavy (non-hydrogen) atoms. The first-order valence-corrected chi connectivity index (χ1v) is 11.3. The van der Waals surface area contributed by atoms with Gasteiger partial charge in [0.05, 0.1) is 7.11 Å². The van der Waals surface area contributed by atoms with Crippen molar-refractivity contribution in [1.29, 1.82) is 0 Å². The largest absolute Gasteiger partial charge is 0.469 e. The molecule has 0 aliphatic heterocycles. The Balaban J connectivity index is 3.40. The zero-order chi connectivity index (χ0) is 16.4. The standard InChI is InChI=1S/C17H36O3Si/c1-17(2,3)21(5,6)20-15-13-11-9-7-8-10-12-14-16(18)19-4/h7-15H2,1-6H3. The van der Waals surface area contributed by atoms with Crippen LogP contribution in [0.25, 0.3) is 0 Å². The van der Waals surface area contributed by atoms with Gasteiger partial charge in [-0.2, -0.15) is 0 Å². The highest BCUT2D eigenvalue weighted by atomic mass is 28.4. The Morgan fingerprint density at radius 1 is 0.905 bits per heavy atom. The minimum Gasteiger partial charge on any atom is -0.469 e. The van der Waals surface area contributed by atoms with Crippen LogP contribution >= 0.6 is 0 Å². The number of carbonyl (C=O) groups is 1. The molecule has 126 valence electrons. The van der Waals surface area contributed by atoms with Crippen molar-refractivity contribution in [3.8, 4) is 0 Å². The molecule has 0 aromatic rings. The van der Waals surface area contributed by atoms with Crippen molar-refractivity contribution in [1.82, 2.24) is 0 Å². The van der Waals surface area contributed by atoms with Gasteiger partial charge in [0, 0.05) is 13.0 Å². The fourth-order valence-corrected chi connectivity index (χ4v) is 2.99. The van der Waals surface area contributed by atoms with E-state index in [1.165, 1.54) is 39.2 Å². The maximum atomic E-state index is 10.9. The van der Waals surface area contributed by atoms with Crippen LogP contribution in [0.4, 0.5) is 0 Å². The van der Waals surface area contributed by atoms with Crippen LogP contribution in [0.1, 0.15) is 72.1 Å². The van der Waals surface area contributed by atoms with E-state index in [9.17, 15) is 4.79 Å². The van der Waals surface area contributed by atoms with Crippen LogP contribution in [-0.4, -0.2) is 28.0 Å². The summed E-state index contributed by atoms with van der Waals surface area (Å²) in [4.78, 5) is 10.9. The van der Waals surface area contributed by atoms with Gasteiger partial charge in [0.25, 0.3) is 0 Å². The number of rotatable bonds is 11. The number of hydrogen-bond donors (Lipinski definition) is 0.